The van der Waals surface area contributed by atoms with Gasteiger partial charge in [0.15, 0.2) is 0 Å². The predicted octanol–water partition coefficient (Wildman–Crippen LogP) is 6.96. The number of aromatic amines is 1. The van der Waals surface area contributed by atoms with Gasteiger partial charge < -0.3 is 4.98 Å². The van der Waals surface area contributed by atoms with Gasteiger partial charge in [0, 0.05) is 16.3 Å². The van der Waals surface area contributed by atoms with E-state index >= 15 is 0 Å². The Morgan fingerprint density at radius 1 is 0.615 bits per heavy atom. The summed E-state index contributed by atoms with van der Waals surface area (Å²) in [4.78, 5) is 3.64. The standard InChI is InChI=1S/C25H19N/c1-17-24(19-12-6-3-7-13-19)21(18-10-4-2-5-11-18)16-22-20-14-8-9-15-23(20)26-25(17)22/h2-16,26H,1H3. The number of fused-ring (bicyclic) bond motifs is 3. The summed E-state index contributed by atoms with van der Waals surface area (Å²) in [6.07, 6.45) is 0. The van der Waals surface area contributed by atoms with Gasteiger partial charge in [0.25, 0.3) is 0 Å². The van der Waals surface area contributed by atoms with Crippen LogP contribution in [-0.4, -0.2) is 4.98 Å². The fourth-order valence-corrected chi connectivity index (χ4v) is 3.98. The lowest BCUT2D eigenvalue weighted by Gasteiger charge is -2.15. The topological polar surface area (TPSA) is 15.8 Å². The second kappa shape index (κ2) is 5.89. The largest absolute Gasteiger partial charge is 0.354 e. The van der Waals surface area contributed by atoms with Gasteiger partial charge in [-0.25, -0.2) is 0 Å². The van der Waals surface area contributed by atoms with Gasteiger partial charge in [-0.05, 0) is 46.9 Å². The van der Waals surface area contributed by atoms with Gasteiger partial charge in [-0.3, -0.25) is 0 Å². The number of hydrogen-bond donors (Lipinski definition) is 1. The minimum Gasteiger partial charge on any atom is -0.354 e. The minimum absolute atomic E-state index is 1.19. The van der Waals surface area contributed by atoms with Crippen molar-refractivity contribution in [1.29, 1.82) is 0 Å². The van der Waals surface area contributed by atoms with E-state index in [9.17, 15) is 0 Å². The average molecular weight is 333 g/mol. The van der Waals surface area contributed by atoms with E-state index in [1.807, 2.05) is 0 Å². The van der Waals surface area contributed by atoms with Crippen LogP contribution in [0.15, 0.2) is 91.0 Å². The van der Waals surface area contributed by atoms with Crippen LogP contribution in [-0.2, 0) is 0 Å². The van der Waals surface area contributed by atoms with Crippen molar-refractivity contribution in [1.82, 2.24) is 4.98 Å². The van der Waals surface area contributed by atoms with Crippen LogP contribution in [0.25, 0.3) is 44.1 Å². The minimum atomic E-state index is 1.19. The number of nitrogens with one attached hydrogen (secondary N) is 1. The highest BCUT2D eigenvalue weighted by molar-refractivity contribution is 6.12. The summed E-state index contributed by atoms with van der Waals surface area (Å²) in [6.45, 7) is 2.23. The molecule has 0 aliphatic rings. The molecule has 26 heavy (non-hydrogen) atoms. The molecule has 124 valence electrons. The zero-order valence-electron chi connectivity index (χ0n) is 14.7. The molecule has 0 fully saturated rings. The Morgan fingerprint density at radius 3 is 1.96 bits per heavy atom. The number of aryl methyl sites for hydroxylation is 1. The van der Waals surface area contributed by atoms with Gasteiger partial charge >= 0.3 is 0 Å². The van der Waals surface area contributed by atoms with E-state index in [1.54, 1.807) is 0 Å². The van der Waals surface area contributed by atoms with Crippen LogP contribution in [0.4, 0.5) is 0 Å². The highest BCUT2D eigenvalue weighted by Gasteiger charge is 2.16. The number of rotatable bonds is 2. The molecule has 5 aromatic rings. The van der Waals surface area contributed by atoms with E-state index in [4.69, 9.17) is 0 Å². The molecule has 0 aliphatic carbocycles. The van der Waals surface area contributed by atoms with Crippen LogP contribution in [0.3, 0.4) is 0 Å². The third-order valence-corrected chi connectivity index (χ3v) is 5.20. The van der Waals surface area contributed by atoms with Crippen LogP contribution < -0.4 is 0 Å². The average Bonchev–Trinajstić information content (AvgIpc) is 3.08. The maximum Gasteiger partial charge on any atom is 0.0501 e. The molecule has 4 aromatic carbocycles. The van der Waals surface area contributed by atoms with Gasteiger partial charge in [-0.1, -0.05) is 78.9 Å². The Balaban J connectivity index is 1.95. The maximum absolute atomic E-state index is 3.64. The van der Waals surface area contributed by atoms with Crippen molar-refractivity contribution in [3.63, 3.8) is 0 Å². The molecule has 0 saturated carbocycles. The lowest BCUT2D eigenvalue weighted by Crippen LogP contribution is -1.91. The summed E-state index contributed by atoms with van der Waals surface area (Å²) in [5.74, 6) is 0. The zero-order valence-corrected chi connectivity index (χ0v) is 14.7. The molecule has 0 saturated heterocycles. The van der Waals surface area contributed by atoms with Crippen LogP contribution in [0.5, 0.6) is 0 Å². The number of aromatic nitrogens is 1. The molecule has 1 heterocycles. The number of benzene rings is 4. The van der Waals surface area contributed by atoms with Gasteiger partial charge in [-0.15, -0.1) is 0 Å². The summed E-state index contributed by atoms with van der Waals surface area (Å²) in [7, 11) is 0. The van der Waals surface area contributed by atoms with E-state index in [0.717, 1.165) is 0 Å². The third-order valence-electron chi connectivity index (χ3n) is 5.20. The maximum atomic E-state index is 3.64. The SMILES string of the molecule is Cc1c(-c2ccccc2)c(-c2ccccc2)cc2c1[nH]c1ccccc12. The first-order valence-electron chi connectivity index (χ1n) is 8.98. The first kappa shape index (κ1) is 15.0. The molecular weight excluding hydrogens is 314 g/mol. The monoisotopic (exact) mass is 333 g/mol. The molecule has 1 nitrogen and oxygen atoms in total. The Hall–Kier alpha value is -3.32. The Labute approximate surface area is 152 Å². The molecule has 0 bridgehead atoms. The molecule has 0 unspecified atom stereocenters. The molecule has 0 spiro atoms. The van der Waals surface area contributed by atoms with E-state index in [2.05, 4.69) is 103 Å². The normalized spacial score (nSPS) is 11.3. The molecule has 0 amide bonds. The van der Waals surface area contributed by atoms with Gasteiger partial charge in [0.2, 0.25) is 0 Å². The molecule has 5 rings (SSSR count). The summed E-state index contributed by atoms with van der Waals surface area (Å²) >= 11 is 0. The van der Waals surface area contributed by atoms with Crippen LogP contribution in [0.1, 0.15) is 5.56 Å². The number of hydrogen-bond acceptors (Lipinski definition) is 0. The van der Waals surface area contributed by atoms with Gasteiger partial charge in [0.05, 0.1) is 5.52 Å². The summed E-state index contributed by atoms with van der Waals surface area (Å²) in [5.41, 5.74) is 8.80. The molecule has 0 radical (unpaired) electrons. The quantitative estimate of drug-likeness (QED) is 0.359. The molecular formula is C25H19N. The number of H-pyrrole nitrogens is 1. The molecule has 0 aliphatic heterocycles. The Bertz CT molecular complexity index is 1210. The lowest BCUT2D eigenvalue weighted by molar-refractivity contribution is 1.44. The molecule has 1 heteroatoms. The fourth-order valence-electron chi connectivity index (χ4n) is 3.98. The van der Waals surface area contributed by atoms with Crippen molar-refractivity contribution < 1.29 is 0 Å². The second-order valence-electron chi connectivity index (χ2n) is 6.75. The van der Waals surface area contributed by atoms with E-state index in [1.165, 1.54) is 49.6 Å². The number of para-hydroxylation sites is 1. The zero-order chi connectivity index (χ0) is 17.5. The summed E-state index contributed by atoms with van der Waals surface area (Å²) in [6, 6.07) is 32.3. The van der Waals surface area contributed by atoms with Crippen LogP contribution in [0, 0.1) is 6.92 Å². The highest BCUT2D eigenvalue weighted by Crippen LogP contribution is 2.41. The summed E-state index contributed by atoms with van der Waals surface area (Å²) in [5, 5.41) is 2.57. The first-order valence-corrected chi connectivity index (χ1v) is 8.98. The second-order valence-corrected chi connectivity index (χ2v) is 6.75. The van der Waals surface area contributed by atoms with Crippen LogP contribution >= 0.6 is 0 Å². The van der Waals surface area contributed by atoms with Crippen LogP contribution in [0.2, 0.25) is 0 Å². The Kier molecular flexibility index (Phi) is 3.39. The fraction of sp³-hybridized carbons (Fsp3) is 0.0400. The van der Waals surface area contributed by atoms with Crippen molar-refractivity contribution in [2.24, 2.45) is 0 Å². The highest BCUT2D eigenvalue weighted by atomic mass is 14.7. The van der Waals surface area contributed by atoms with Crippen molar-refractivity contribution in [3.8, 4) is 22.3 Å². The van der Waals surface area contributed by atoms with E-state index in [-0.39, 0.29) is 0 Å². The molecule has 1 N–H and O–H groups in total. The van der Waals surface area contributed by atoms with E-state index < -0.39 is 0 Å². The predicted molar refractivity (Wildman–Crippen MR) is 111 cm³/mol. The smallest absolute Gasteiger partial charge is 0.0501 e. The summed E-state index contributed by atoms with van der Waals surface area (Å²) < 4.78 is 0. The molecule has 1 aromatic heterocycles. The van der Waals surface area contributed by atoms with Crippen molar-refractivity contribution in [2.75, 3.05) is 0 Å². The van der Waals surface area contributed by atoms with Gasteiger partial charge in [0.1, 0.15) is 0 Å². The van der Waals surface area contributed by atoms with Crippen molar-refractivity contribution in [3.05, 3.63) is 96.6 Å². The molecule has 0 atom stereocenters. The van der Waals surface area contributed by atoms with Crippen molar-refractivity contribution >= 4 is 21.8 Å². The third kappa shape index (κ3) is 2.25. The van der Waals surface area contributed by atoms with Crippen molar-refractivity contribution in [2.45, 2.75) is 6.92 Å². The first-order chi connectivity index (χ1) is 12.8. The van der Waals surface area contributed by atoms with Gasteiger partial charge in [-0.2, -0.15) is 0 Å². The lowest BCUT2D eigenvalue weighted by atomic mass is 9.89. The van der Waals surface area contributed by atoms with E-state index in [0.29, 0.717) is 0 Å². The Morgan fingerprint density at radius 2 is 1.23 bits per heavy atom.